The Labute approximate surface area is 125 Å². The van der Waals surface area contributed by atoms with E-state index in [1.807, 2.05) is 23.1 Å². The van der Waals surface area contributed by atoms with Gasteiger partial charge in [0.1, 0.15) is 5.75 Å². The number of para-hydroxylation sites is 1. The lowest BCUT2D eigenvalue weighted by Gasteiger charge is -2.34. The first-order valence-corrected chi connectivity index (χ1v) is 6.95. The van der Waals surface area contributed by atoms with Gasteiger partial charge in [-0.15, -0.1) is 12.4 Å². The standard InChI is InChI=1S/C15H20N2O2.ClH/c1-19-14-7-3-2-5-12(14)13-6-4-8-17(13)15(18)11-9-16-10-11;/h2-3,5,7,11,13,16H,4,6,8-10H2,1H3;1H. The molecule has 110 valence electrons. The maximum atomic E-state index is 12.5. The Hall–Kier alpha value is -1.26. The van der Waals surface area contributed by atoms with E-state index >= 15 is 0 Å². The second-order valence-corrected chi connectivity index (χ2v) is 5.29. The Bertz CT molecular complexity index is 477. The molecule has 1 aromatic rings. The summed E-state index contributed by atoms with van der Waals surface area (Å²) in [5.74, 6) is 1.36. The van der Waals surface area contributed by atoms with Crippen LogP contribution in [0.25, 0.3) is 0 Å². The van der Waals surface area contributed by atoms with Gasteiger partial charge in [-0.1, -0.05) is 18.2 Å². The number of halogens is 1. The predicted octanol–water partition coefficient (Wildman–Crippen LogP) is 2.00. The summed E-state index contributed by atoms with van der Waals surface area (Å²) in [4.78, 5) is 14.5. The van der Waals surface area contributed by atoms with Crippen LogP contribution < -0.4 is 10.1 Å². The number of methoxy groups -OCH3 is 1. The number of carbonyl (C=O) groups excluding carboxylic acids is 1. The summed E-state index contributed by atoms with van der Waals surface area (Å²) in [5.41, 5.74) is 1.14. The van der Waals surface area contributed by atoms with Gasteiger partial charge >= 0.3 is 0 Å². The molecule has 0 aromatic heterocycles. The van der Waals surface area contributed by atoms with Crippen LogP contribution in [0, 0.1) is 5.92 Å². The van der Waals surface area contributed by atoms with Crippen molar-refractivity contribution in [3.8, 4) is 5.75 Å². The van der Waals surface area contributed by atoms with Gasteiger partial charge in [0.15, 0.2) is 0 Å². The minimum atomic E-state index is 0. The fraction of sp³-hybridized carbons (Fsp3) is 0.533. The number of hydrogen-bond acceptors (Lipinski definition) is 3. The maximum Gasteiger partial charge on any atom is 0.228 e. The average molecular weight is 297 g/mol. The Balaban J connectivity index is 0.00000147. The van der Waals surface area contributed by atoms with E-state index in [2.05, 4.69) is 11.4 Å². The Morgan fingerprint density at radius 3 is 2.75 bits per heavy atom. The number of nitrogens with zero attached hydrogens (tertiary/aromatic N) is 1. The molecule has 0 saturated carbocycles. The highest BCUT2D eigenvalue weighted by Crippen LogP contribution is 2.37. The summed E-state index contributed by atoms with van der Waals surface area (Å²) in [6, 6.07) is 8.22. The van der Waals surface area contributed by atoms with Crippen LogP contribution in [0.3, 0.4) is 0 Å². The van der Waals surface area contributed by atoms with E-state index in [1.54, 1.807) is 7.11 Å². The fourth-order valence-corrected chi connectivity index (χ4v) is 2.99. The van der Waals surface area contributed by atoms with Gasteiger partial charge in [0, 0.05) is 25.2 Å². The third-order valence-electron chi connectivity index (χ3n) is 4.16. The molecule has 2 aliphatic heterocycles. The molecule has 0 spiro atoms. The zero-order chi connectivity index (χ0) is 13.2. The van der Waals surface area contributed by atoms with E-state index in [4.69, 9.17) is 4.74 Å². The Kier molecular flexibility index (Phi) is 4.89. The van der Waals surface area contributed by atoms with Crippen molar-refractivity contribution in [3.63, 3.8) is 0 Å². The van der Waals surface area contributed by atoms with Crippen LogP contribution in [0.5, 0.6) is 5.75 Å². The normalized spacial score (nSPS) is 22.1. The molecule has 3 rings (SSSR count). The minimum Gasteiger partial charge on any atom is -0.496 e. The molecule has 1 unspecified atom stereocenters. The van der Waals surface area contributed by atoms with Gasteiger partial charge in [-0.05, 0) is 18.9 Å². The summed E-state index contributed by atoms with van der Waals surface area (Å²) in [6.07, 6.45) is 2.11. The molecular formula is C15H21ClN2O2. The van der Waals surface area contributed by atoms with Crippen molar-refractivity contribution >= 4 is 18.3 Å². The van der Waals surface area contributed by atoms with Crippen LogP contribution in [0.2, 0.25) is 0 Å². The van der Waals surface area contributed by atoms with Crippen molar-refractivity contribution < 1.29 is 9.53 Å². The van der Waals surface area contributed by atoms with E-state index < -0.39 is 0 Å². The van der Waals surface area contributed by atoms with Crippen LogP contribution in [0.15, 0.2) is 24.3 Å². The van der Waals surface area contributed by atoms with Gasteiger partial charge in [0.25, 0.3) is 0 Å². The highest BCUT2D eigenvalue weighted by molar-refractivity contribution is 5.85. The lowest BCUT2D eigenvalue weighted by Crippen LogP contribution is -2.51. The lowest BCUT2D eigenvalue weighted by molar-refractivity contribution is -0.138. The molecule has 1 aromatic carbocycles. The van der Waals surface area contributed by atoms with Crippen molar-refractivity contribution in [1.82, 2.24) is 10.2 Å². The molecule has 0 aliphatic carbocycles. The van der Waals surface area contributed by atoms with Crippen molar-refractivity contribution in [2.24, 2.45) is 5.92 Å². The monoisotopic (exact) mass is 296 g/mol. The number of rotatable bonds is 3. The molecule has 0 bridgehead atoms. The largest absolute Gasteiger partial charge is 0.496 e. The van der Waals surface area contributed by atoms with Gasteiger partial charge in [-0.25, -0.2) is 0 Å². The van der Waals surface area contributed by atoms with Crippen molar-refractivity contribution in [3.05, 3.63) is 29.8 Å². The lowest BCUT2D eigenvalue weighted by atomic mass is 9.99. The Morgan fingerprint density at radius 2 is 2.10 bits per heavy atom. The number of likely N-dealkylation sites (tertiary alicyclic amines) is 1. The third-order valence-corrected chi connectivity index (χ3v) is 4.16. The van der Waals surface area contributed by atoms with Crippen LogP contribution in [0.4, 0.5) is 0 Å². The summed E-state index contributed by atoms with van der Waals surface area (Å²) >= 11 is 0. The number of hydrogen-bond donors (Lipinski definition) is 1. The molecule has 2 aliphatic rings. The van der Waals surface area contributed by atoms with Gasteiger partial charge in [-0.3, -0.25) is 4.79 Å². The number of amides is 1. The third kappa shape index (κ3) is 2.63. The quantitative estimate of drug-likeness (QED) is 0.927. The van der Waals surface area contributed by atoms with Crippen molar-refractivity contribution in [2.45, 2.75) is 18.9 Å². The molecule has 2 fully saturated rings. The molecule has 1 amide bonds. The summed E-state index contributed by atoms with van der Waals surface area (Å²) in [5, 5.41) is 3.17. The predicted molar refractivity (Wildman–Crippen MR) is 80.3 cm³/mol. The van der Waals surface area contributed by atoms with Crippen LogP contribution in [-0.2, 0) is 4.79 Å². The van der Waals surface area contributed by atoms with E-state index in [9.17, 15) is 4.79 Å². The molecule has 1 atom stereocenters. The molecule has 2 saturated heterocycles. The molecule has 20 heavy (non-hydrogen) atoms. The first-order chi connectivity index (χ1) is 9.31. The second kappa shape index (κ2) is 6.46. The summed E-state index contributed by atoms with van der Waals surface area (Å²) in [6.45, 7) is 2.53. The molecule has 2 heterocycles. The second-order valence-electron chi connectivity index (χ2n) is 5.29. The fourth-order valence-electron chi connectivity index (χ4n) is 2.99. The van der Waals surface area contributed by atoms with Gasteiger partial charge < -0.3 is 15.0 Å². The van der Waals surface area contributed by atoms with Crippen LogP contribution in [0.1, 0.15) is 24.4 Å². The number of nitrogens with one attached hydrogen (secondary N) is 1. The van der Waals surface area contributed by atoms with Gasteiger partial charge in [0.2, 0.25) is 5.91 Å². The minimum absolute atomic E-state index is 0. The molecule has 4 nitrogen and oxygen atoms in total. The van der Waals surface area contributed by atoms with Gasteiger partial charge in [-0.2, -0.15) is 0 Å². The van der Waals surface area contributed by atoms with Crippen molar-refractivity contribution in [1.29, 1.82) is 0 Å². The topological polar surface area (TPSA) is 41.6 Å². The smallest absolute Gasteiger partial charge is 0.228 e. The Morgan fingerprint density at radius 1 is 1.35 bits per heavy atom. The molecule has 0 radical (unpaired) electrons. The van der Waals surface area contributed by atoms with Crippen molar-refractivity contribution in [2.75, 3.05) is 26.7 Å². The number of benzene rings is 1. The summed E-state index contributed by atoms with van der Waals surface area (Å²) in [7, 11) is 1.69. The molecule has 1 N–H and O–H groups in total. The average Bonchev–Trinajstić information content (AvgIpc) is 2.85. The number of ether oxygens (including phenoxy) is 1. The maximum absolute atomic E-state index is 12.5. The SMILES string of the molecule is COc1ccccc1C1CCCN1C(=O)C1CNC1.Cl. The van der Waals surface area contributed by atoms with E-state index in [0.29, 0.717) is 5.91 Å². The summed E-state index contributed by atoms with van der Waals surface area (Å²) < 4.78 is 5.44. The highest BCUT2D eigenvalue weighted by atomic mass is 35.5. The first kappa shape index (κ1) is 15.1. The highest BCUT2D eigenvalue weighted by Gasteiger charge is 2.37. The first-order valence-electron chi connectivity index (χ1n) is 6.95. The van der Waals surface area contributed by atoms with Crippen LogP contribution in [-0.4, -0.2) is 37.6 Å². The van der Waals surface area contributed by atoms with Crippen LogP contribution >= 0.6 is 12.4 Å². The van der Waals surface area contributed by atoms with E-state index in [1.165, 1.54) is 0 Å². The number of carbonyl (C=O) groups is 1. The van der Waals surface area contributed by atoms with Gasteiger partial charge in [0.05, 0.1) is 19.1 Å². The molecular weight excluding hydrogens is 276 g/mol. The van der Waals surface area contributed by atoms with E-state index in [0.717, 1.165) is 43.8 Å². The molecule has 5 heteroatoms. The van der Waals surface area contributed by atoms with E-state index in [-0.39, 0.29) is 24.4 Å². The zero-order valence-electron chi connectivity index (χ0n) is 11.7. The zero-order valence-corrected chi connectivity index (χ0v) is 12.5.